The van der Waals surface area contributed by atoms with Crippen LogP contribution in [0.25, 0.3) is 0 Å². The zero-order valence-electron chi connectivity index (χ0n) is 8.88. The molecule has 0 spiro atoms. The highest BCUT2D eigenvalue weighted by molar-refractivity contribution is 9.10. The lowest BCUT2D eigenvalue weighted by Crippen LogP contribution is -2.02. The average Bonchev–Trinajstić information content (AvgIpc) is 3.03. The smallest absolute Gasteiger partial charge is 0.137 e. The molecule has 1 aliphatic rings. The fraction of sp³-hybridized carbons (Fsp3) is 0.500. The Morgan fingerprint density at radius 1 is 1.44 bits per heavy atom. The van der Waals surface area contributed by atoms with Gasteiger partial charge in [-0.15, -0.1) is 0 Å². The summed E-state index contributed by atoms with van der Waals surface area (Å²) in [5.41, 5.74) is 0.827. The number of hydrogen-bond acceptors (Lipinski definition) is 2. The number of aliphatic hydroxyl groups is 1. The van der Waals surface area contributed by atoms with Crippen molar-refractivity contribution in [1.29, 1.82) is 0 Å². The normalized spacial score (nSPS) is 15.2. The molecular formula is C12H14BrFO2. The summed E-state index contributed by atoms with van der Waals surface area (Å²) in [4.78, 5) is 0. The van der Waals surface area contributed by atoms with Gasteiger partial charge in [-0.05, 0) is 59.3 Å². The van der Waals surface area contributed by atoms with Crippen LogP contribution in [-0.4, -0.2) is 17.8 Å². The van der Waals surface area contributed by atoms with Gasteiger partial charge in [0.1, 0.15) is 11.6 Å². The van der Waals surface area contributed by atoms with Crippen LogP contribution in [0.5, 0.6) is 5.75 Å². The summed E-state index contributed by atoms with van der Waals surface area (Å²) < 4.78 is 19.6. The molecule has 16 heavy (non-hydrogen) atoms. The van der Waals surface area contributed by atoms with Crippen LogP contribution in [0.3, 0.4) is 0 Å². The van der Waals surface area contributed by atoms with Crippen molar-refractivity contribution in [1.82, 2.24) is 0 Å². The van der Waals surface area contributed by atoms with Crippen molar-refractivity contribution in [3.05, 3.63) is 28.0 Å². The molecule has 0 atom stereocenters. The second kappa shape index (κ2) is 5.15. The Bertz CT molecular complexity index is 378. The van der Waals surface area contributed by atoms with Crippen LogP contribution in [0, 0.1) is 5.82 Å². The Kier molecular flexibility index (Phi) is 3.82. The summed E-state index contributed by atoms with van der Waals surface area (Å²) in [6.07, 6.45) is 3.69. The molecule has 0 aromatic heterocycles. The van der Waals surface area contributed by atoms with Gasteiger partial charge >= 0.3 is 0 Å². The molecule has 2 nitrogen and oxygen atoms in total. The minimum absolute atomic E-state index is 0.108. The van der Waals surface area contributed by atoms with Crippen molar-refractivity contribution in [3.8, 4) is 5.75 Å². The summed E-state index contributed by atoms with van der Waals surface area (Å²) in [7, 11) is 0. The van der Waals surface area contributed by atoms with E-state index >= 15 is 0 Å². The maximum absolute atomic E-state index is 13.2. The third-order valence-corrected chi connectivity index (χ3v) is 3.09. The second-order valence-electron chi connectivity index (χ2n) is 4.02. The van der Waals surface area contributed by atoms with Gasteiger partial charge in [0.2, 0.25) is 0 Å². The number of aliphatic hydroxyl groups excluding tert-OH is 1. The first-order chi connectivity index (χ1) is 7.70. The van der Waals surface area contributed by atoms with Crippen molar-refractivity contribution >= 4 is 15.9 Å². The summed E-state index contributed by atoms with van der Waals surface area (Å²) in [5.74, 6) is 0.459. The molecule has 0 saturated heterocycles. The molecule has 0 amide bonds. The number of aryl methyl sites for hydroxylation is 1. The summed E-state index contributed by atoms with van der Waals surface area (Å²) in [5, 5.41) is 8.81. The van der Waals surface area contributed by atoms with Gasteiger partial charge in [-0.1, -0.05) is 0 Å². The Morgan fingerprint density at radius 3 is 2.81 bits per heavy atom. The lowest BCUT2D eigenvalue weighted by molar-refractivity contribution is 0.282. The number of rotatable bonds is 5. The molecule has 0 bridgehead atoms. The largest absolute Gasteiger partial charge is 0.489 e. The minimum atomic E-state index is -0.275. The molecule has 1 aliphatic carbocycles. The first-order valence-electron chi connectivity index (χ1n) is 5.46. The van der Waals surface area contributed by atoms with Crippen molar-refractivity contribution in [2.75, 3.05) is 6.61 Å². The third kappa shape index (κ3) is 2.95. The Hall–Kier alpha value is -0.610. The van der Waals surface area contributed by atoms with Crippen LogP contribution in [0.1, 0.15) is 24.8 Å². The average molecular weight is 289 g/mol. The molecule has 4 heteroatoms. The molecule has 88 valence electrons. The maximum Gasteiger partial charge on any atom is 0.137 e. The fourth-order valence-electron chi connectivity index (χ4n) is 1.55. The highest BCUT2D eigenvalue weighted by atomic mass is 79.9. The molecular weight excluding hydrogens is 275 g/mol. The summed E-state index contributed by atoms with van der Waals surface area (Å²) >= 11 is 3.32. The molecule has 1 saturated carbocycles. The van der Waals surface area contributed by atoms with Crippen molar-refractivity contribution < 1.29 is 14.2 Å². The number of ether oxygens (including phenoxy) is 1. The van der Waals surface area contributed by atoms with E-state index < -0.39 is 0 Å². The lowest BCUT2D eigenvalue weighted by atomic mass is 10.1. The van der Waals surface area contributed by atoms with Gasteiger partial charge in [0.15, 0.2) is 0 Å². The second-order valence-corrected chi connectivity index (χ2v) is 4.87. The van der Waals surface area contributed by atoms with E-state index in [4.69, 9.17) is 9.84 Å². The lowest BCUT2D eigenvalue weighted by Gasteiger charge is -2.12. The van der Waals surface area contributed by atoms with E-state index in [0.29, 0.717) is 17.3 Å². The number of benzene rings is 1. The van der Waals surface area contributed by atoms with Gasteiger partial charge in [-0.2, -0.15) is 0 Å². The van der Waals surface area contributed by atoms with Crippen LogP contribution in [0.2, 0.25) is 0 Å². The standard InChI is InChI=1S/C12H14BrFO2/c13-11-7-9(14)6-8(2-1-5-15)12(11)16-10-3-4-10/h6-7,10,15H,1-5H2. The Balaban J connectivity index is 2.22. The van der Waals surface area contributed by atoms with Crippen LogP contribution in [-0.2, 0) is 6.42 Å². The molecule has 0 unspecified atom stereocenters. The molecule has 1 N–H and O–H groups in total. The van der Waals surface area contributed by atoms with Gasteiger partial charge < -0.3 is 9.84 Å². The molecule has 1 aromatic rings. The number of halogens is 2. The van der Waals surface area contributed by atoms with Gasteiger partial charge in [0.25, 0.3) is 0 Å². The maximum atomic E-state index is 13.2. The fourth-order valence-corrected chi connectivity index (χ4v) is 2.12. The van der Waals surface area contributed by atoms with Gasteiger partial charge in [0, 0.05) is 6.61 Å². The molecule has 0 heterocycles. The van der Waals surface area contributed by atoms with Crippen molar-refractivity contribution in [3.63, 3.8) is 0 Å². The molecule has 0 aliphatic heterocycles. The predicted molar refractivity (Wildman–Crippen MR) is 63.2 cm³/mol. The monoisotopic (exact) mass is 288 g/mol. The quantitative estimate of drug-likeness (QED) is 0.902. The van der Waals surface area contributed by atoms with Crippen molar-refractivity contribution in [2.45, 2.75) is 31.8 Å². The number of hydrogen-bond donors (Lipinski definition) is 1. The van der Waals surface area contributed by atoms with E-state index in [9.17, 15) is 4.39 Å². The molecule has 2 rings (SSSR count). The van der Waals surface area contributed by atoms with Crippen LogP contribution >= 0.6 is 15.9 Å². The zero-order chi connectivity index (χ0) is 11.5. The first kappa shape index (κ1) is 11.9. The van der Waals surface area contributed by atoms with E-state index in [-0.39, 0.29) is 18.5 Å². The summed E-state index contributed by atoms with van der Waals surface area (Å²) in [6, 6.07) is 2.90. The van der Waals surface area contributed by atoms with Crippen molar-refractivity contribution in [2.24, 2.45) is 0 Å². The molecule has 0 radical (unpaired) electrons. The zero-order valence-corrected chi connectivity index (χ0v) is 10.5. The molecule has 1 fully saturated rings. The van der Waals surface area contributed by atoms with Crippen LogP contribution < -0.4 is 4.74 Å². The Morgan fingerprint density at radius 2 is 2.19 bits per heavy atom. The van der Waals surface area contributed by atoms with E-state index in [1.54, 1.807) is 0 Å². The SMILES string of the molecule is OCCCc1cc(F)cc(Br)c1OC1CC1. The van der Waals surface area contributed by atoms with E-state index in [2.05, 4.69) is 15.9 Å². The van der Waals surface area contributed by atoms with Crippen LogP contribution in [0.4, 0.5) is 4.39 Å². The third-order valence-electron chi connectivity index (χ3n) is 2.50. The highest BCUT2D eigenvalue weighted by Crippen LogP contribution is 2.36. The van der Waals surface area contributed by atoms with Gasteiger partial charge in [-0.25, -0.2) is 4.39 Å². The minimum Gasteiger partial charge on any atom is -0.489 e. The van der Waals surface area contributed by atoms with E-state index in [1.807, 2.05) is 0 Å². The van der Waals surface area contributed by atoms with Gasteiger partial charge in [-0.3, -0.25) is 0 Å². The first-order valence-corrected chi connectivity index (χ1v) is 6.25. The topological polar surface area (TPSA) is 29.5 Å². The van der Waals surface area contributed by atoms with E-state index in [1.165, 1.54) is 12.1 Å². The predicted octanol–water partition coefficient (Wildman–Crippen LogP) is 3.05. The highest BCUT2D eigenvalue weighted by Gasteiger charge is 2.25. The van der Waals surface area contributed by atoms with Crippen LogP contribution in [0.15, 0.2) is 16.6 Å². The molecule has 1 aromatic carbocycles. The Labute approximate surface area is 103 Å². The van der Waals surface area contributed by atoms with E-state index in [0.717, 1.165) is 24.2 Å². The van der Waals surface area contributed by atoms with Gasteiger partial charge in [0.05, 0.1) is 10.6 Å². The summed E-state index contributed by atoms with van der Waals surface area (Å²) in [6.45, 7) is 0.108.